The maximum atomic E-state index is 12.4. The molecule has 0 radical (unpaired) electrons. The van der Waals surface area contributed by atoms with E-state index in [9.17, 15) is 9.59 Å². The predicted molar refractivity (Wildman–Crippen MR) is 126 cm³/mol. The lowest BCUT2D eigenvalue weighted by molar-refractivity contribution is 0.0938. The highest BCUT2D eigenvalue weighted by atomic mass is 32.2. The van der Waals surface area contributed by atoms with Crippen LogP contribution in [0.2, 0.25) is 0 Å². The van der Waals surface area contributed by atoms with Crippen molar-refractivity contribution in [3.05, 3.63) is 59.2 Å². The molecule has 168 valence electrons. The second kappa shape index (κ2) is 10.1. The molecule has 2 aromatic carbocycles. The van der Waals surface area contributed by atoms with Crippen LogP contribution in [0.25, 0.3) is 0 Å². The van der Waals surface area contributed by atoms with E-state index in [1.165, 1.54) is 29.6 Å². The number of benzene rings is 2. The van der Waals surface area contributed by atoms with Gasteiger partial charge in [0, 0.05) is 22.9 Å². The smallest absolute Gasteiger partial charge is 0.302 e. The number of thioether (sulfide) groups is 1. The van der Waals surface area contributed by atoms with Gasteiger partial charge in [-0.1, -0.05) is 36.7 Å². The van der Waals surface area contributed by atoms with Gasteiger partial charge in [-0.25, -0.2) is 5.01 Å². The number of carbonyl (C=O) groups excluding carboxylic acids is 2. The third kappa shape index (κ3) is 5.07. The number of hydrogen-bond donors (Lipinski definition) is 1. The molecule has 2 amide bonds. The molecule has 2 aliphatic rings. The first-order chi connectivity index (χ1) is 15.6. The molecular weight excluding hydrogens is 426 g/mol. The molecule has 0 bridgehead atoms. The van der Waals surface area contributed by atoms with Gasteiger partial charge in [0.05, 0.1) is 26.5 Å². The van der Waals surface area contributed by atoms with Crippen LogP contribution in [0.4, 0.5) is 4.79 Å². The van der Waals surface area contributed by atoms with Crippen LogP contribution in [0.1, 0.15) is 47.2 Å². The van der Waals surface area contributed by atoms with Gasteiger partial charge in [-0.3, -0.25) is 9.59 Å². The van der Waals surface area contributed by atoms with Gasteiger partial charge < -0.3 is 14.8 Å². The van der Waals surface area contributed by atoms with E-state index in [-0.39, 0.29) is 17.2 Å². The lowest BCUT2D eigenvalue weighted by Crippen LogP contribution is -2.32. The molecule has 0 spiro atoms. The Hall–Kier alpha value is -3.00. The molecular formula is C24H27N3O4S. The maximum absolute atomic E-state index is 12.4. The molecule has 1 heterocycles. The third-order valence-corrected chi connectivity index (χ3v) is 6.62. The van der Waals surface area contributed by atoms with Crippen molar-refractivity contribution in [3.63, 3.8) is 0 Å². The number of amides is 2. The van der Waals surface area contributed by atoms with Gasteiger partial charge >= 0.3 is 5.24 Å². The number of hydrazone groups is 1. The number of ether oxygens (including phenoxy) is 2. The Morgan fingerprint density at radius 1 is 1.09 bits per heavy atom. The molecule has 32 heavy (non-hydrogen) atoms. The van der Waals surface area contributed by atoms with Crippen molar-refractivity contribution in [3.8, 4) is 11.5 Å². The summed E-state index contributed by atoms with van der Waals surface area (Å²) in [4.78, 5) is 24.9. The molecule has 0 atom stereocenters. The first-order valence-corrected chi connectivity index (χ1v) is 11.7. The number of nitrogens with zero attached hydrogens (tertiary/aromatic N) is 2. The van der Waals surface area contributed by atoms with Crippen LogP contribution in [0.5, 0.6) is 11.5 Å². The van der Waals surface area contributed by atoms with Crippen molar-refractivity contribution in [2.24, 2.45) is 5.10 Å². The summed E-state index contributed by atoms with van der Waals surface area (Å²) in [6.45, 7) is 0.340. The van der Waals surface area contributed by atoms with Crippen LogP contribution in [0.3, 0.4) is 0 Å². The van der Waals surface area contributed by atoms with Crippen LogP contribution in [-0.4, -0.2) is 47.9 Å². The lowest BCUT2D eigenvalue weighted by Gasteiger charge is -2.23. The monoisotopic (exact) mass is 453 g/mol. The van der Waals surface area contributed by atoms with Crippen molar-refractivity contribution in [1.82, 2.24) is 10.3 Å². The number of nitrogens with one attached hydrogen (secondary N) is 1. The van der Waals surface area contributed by atoms with E-state index >= 15 is 0 Å². The number of carbonyl (C=O) groups is 2. The van der Waals surface area contributed by atoms with Gasteiger partial charge in [-0.15, -0.1) is 0 Å². The number of hydrogen-bond acceptors (Lipinski definition) is 6. The molecule has 0 saturated heterocycles. The molecule has 1 aliphatic heterocycles. The summed E-state index contributed by atoms with van der Waals surface area (Å²) in [7, 11) is 3.18. The van der Waals surface area contributed by atoms with Crippen molar-refractivity contribution >= 4 is 28.6 Å². The van der Waals surface area contributed by atoms with Crippen molar-refractivity contribution in [2.75, 3.05) is 20.0 Å². The van der Waals surface area contributed by atoms with E-state index in [1.54, 1.807) is 26.4 Å². The van der Waals surface area contributed by atoms with Gasteiger partial charge in [0.1, 0.15) is 0 Å². The van der Waals surface area contributed by atoms with Crippen LogP contribution in [0.15, 0.2) is 47.6 Å². The molecule has 1 aliphatic carbocycles. The molecule has 7 nitrogen and oxygen atoms in total. The SMILES string of the molecule is COc1ccc(C2=NN(Cc3ccc(C(=O)NC4CCCC4)cc3)C(=O)SC2)cc1OC. The molecule has 4 rings (SSSR count). The van der Waals surface area contributed by atoms with Gasteiger partial charge in [-0.2, -0.15) is 5.10 Å². The highest BCUT2D eigenvalue weighted by Crippen LogP contribution is 2.30. The highest BCUT2D eigenvalue weighted by molar-refractivity contribution is 8.14. The quantitative estimate of drug-likeness (QED) is 0.670. The van der Waals surface area contributed by atoms with Crippen LogP contribution in [0, 0.1) is 0 Å². The zero-order valence-electron chi connectivity index (χ0n) is 18.3. The van der Waals surface area contributed by atoms with Crippen molar-refractivity contribution < 1.29 is 19.1 Å². The van der Waals surface area contributed by atoms with E-state index < -0.39 is 0 Å². The highest BCUT2D eigenvalue weighted by Gasteiger charge is 2.23. The van der Waals surface area contributed by atoms with Gasteiger partial charge in [0.2, 0.25) is 0 Å². The Morgan fingerprint density at radius 2 is 1.81 bits per heavy atom. The normalized spacial score (nSPS) is 16.6. The first kappa shape index (κ1) is 22.2. The maximum Gasteiger partial charge on any atom is 0.302 e. The zero-order valence-corrected chi connectivity index (χ0v) is 19.1. The van der Waals surface area contributed by atoms with Crippen LogP contribution >= 0.6 is 11.8 Å². The Labute approximate surface area is 192 Å². The van der Waals surface area contributed by atoms with Crippen molar-refractivity contribution in [2.45, 2.75) is 38.3 Å². The summed E-state index contributed by atoms with van der Waals surface area (Å²) in [5.41, 5.74) is 3.22. The second-order valence-electron chi connectivity index (χ2n) is 7.88. The van der Waals surface area contributed by atoms with Crippen LogP contribution in [-0.2, 0) is 6.54 Å². The fraction of sp³-hybridized carbons (Fsp3) is 0.375. The summed E-state index contributed by atoms with van der Waals surface area (Å²) in [6.07, 6.45) is 4.47. The van der Waals surface area contributed by atoms with E-state index in [1.807, 2.05) is 30.3 Å². The fourth-order valence-electron chi connectivity index (χ4n) is 3.95. The van der Waals surface area contributed by atoms with Crippen molar-refractivity contribution in [1.29, 1.82) is 0 Å². The molecule has 0 aromatic heterocycles. The molecule has 2 aromatic rings. The predicted octanol–water partition coefficient (Wildman–Crippen LogP) is 4.45. The number of methoxy groups -OCH3 is 2. The second-order valence-corrected chi connectivity index (χ2v) is 8.81. The minimum absolute atomic E-state index is 0.0400. The minimum atomic E-state index is -0.0997. The van der Waals surface area contributed by atoms with E-state index in [2.05, 4.69) is 10.4 Å². The molecule has 1 saturated carbocycles. The topological polar surface area (TPSA) is 80.2 Å². The lowest BCUT2D eigenvalue weighted by atomic mass is 10.1. The summed E-state index contributed by atoms with van der Waals surface area (Å²) < 4.78 is 10.7. The standard InChI is InChI=1S/C24H27N3O4S/c1-30-21-12-11-18(13-22(21)31-2)20-15-32-24(29)27(26-20)14-16-7-9-17(10-8-16)23(28)25-19-5-3-4-6-19/h7-13,19H,3-6,14-15H2,1-2H3,(H,25,28). The number of rotatable bonds is 7. The average Bonchev–Trinajstić information content (AvgIpc) is 3.33. The summed E-state index contributed by atoms with van der Waals surface area (Å²) in [6, 6.07) is 13.3. The van der Waals surface area contributed by atoms with Gasteiger partial charge in [0.25, 0.3) is 5.91 Å². The van der Waals surface area contributed by atoms with E-state index in [0.29, 0.717) is 29.4 Å². The summed E-state index contributed by atoms with van der Waals surface area (Å²) in [5, 5.41) is 9.05. The van der Waals surface area contributed by atoms with Gasteiger partial charge in [-0.05, 0) is 48.7 Å². The average molecular weight is 454 g/mol. The van der Waals surface area contributed by atoms with E-state index in [4.69, 9.17) is 9.47 Å². The Balaban J connectivity index is 1.45. The molecule has 1 fully saturated rings. The molecule has 1 N–H and O–H groups in total. The Morgan fingerprint density at radius 3 is 2.50 bits per heavy atom. The summed E-state index contributed by atoms with van der Waals surface area (Å²) in [5.74, 6) is 1.71. The van der Waals surface area contributed by atoms with Gasteiger partial charge in [0.15, 0.2) is 11.5 Å². The summed E-state index contributed by atoms with van der Waals surface area (Å²) >= 11 is 1.22. The third-order valence-electron chi connectivity index (χ3n) is 5.74. The zero-order chi connectivity index (χ0) is 22.5. The minimum Gasteiger partial charge on any atom is -0.493 e. The molecule has 0 unspecified atom stereocenters. The Kier molecular flexibility index (Phi) is 6.99. The first-order valence-electron chi connectivity index (χ1n) is 10.7. The van der Waals surface area contributed by atoms with E-state index in [0.717, 1.165) is 29.7 Å². The Bertz CT molecular complexity index is 1020. The largest absolute Gasteiger partial charge is 0.493 e. The molecule has 8 heteroatoms. The van der Waals surface area contributed by atoms with Crippen LogP contribution < -0.4 is 14.8 Å². The fourth-order valence-corrected chi connectivity index (χ4v) is 4.69.